The Morgan fingerprint density at radius 2 is 1.79 bits per heavy atom. The molecule has 38 heavy (non-hydrogen) atoms. The van der Waals surface area contributed by atoms with Gasteiger partial charge in [-0.15, -0.1) is 0 Å². The molecule has 2 unspecified atom stereocenters. The van der Waals surface area contributed by atoms with Gasteiger partial charge in [0.2, 0.25) is 0 Å². The first-order valence-electron chi connectivity index (χ1n) is 12.5. The summed E-state index contributed by atoms with van der Waals surface area (Å²) in [5, 5.41) is 4.99. The van der Waals surface area contributed by atoms with Crippen LogP contribution < -0.4 is 9.47 Å². The zero-order valence-electron chi connectivity index (χ0n) is 21.5. The number of aryl methyl sites for hydroxylation is 1. The SMILES string of the molecule is CCOC(=O)c1cnn(CCC2OC(c3cccc(OC)c3OC)c3cc(Cl)ccc3-c3ccccc32)c1. The zero-order valence-corrected chi connectivity index (χ0v) is 22.3. The number of methoxy groups -OCH3 is 2. The maximum atomic E-state index is 12.1. The van der Waals surface area contributed by atoms with Crippen molar-refractivity contribution in [2.24, 2.45) is 0 Å². The summed E-state index contributed by atoms with van der Waals surface area (Å²) < 4.78 is 25.2. The molecule has 1 aliphatic heterocycles. The van der Waals surface area contributed by atoms with Crippen molar-refractivity contribution in [3.05, 3.63) is 100 Å². The molecule has 8 heteroatoms. The summed E-state index contributed by atoms with van der Waals surface area (Å²) in [7, 11) is 3.25. The number of aromatic nitrogens is 2. The Bertz CT molecular complexity index is 1450. The van der Waals surface area contributed by atoms with Crippen molar-refractivity contribution in [1.29, 1.82) is 0 Å². The van der Waals surface area contributed by atoms with Crippen LogP contribution in [0.15, 0.2) is 73.1 Å². The summed E-state index contributed by atoms with van der Waals surface area (Å²) >= 11 is 6.51. The molecule has 2 heterocycles. The average molecular weight is 533 g/mol. The number of hydrogen-bond donors (Lipinski definition) is 0. The Labute approximate surface area is 226 Å². The first-order chi connectivity index (χ1) is 18.5. The zero-order chi connectivity index (χ0) is 26.6. The van der Waals surface area contributed by atoms with E-state index >= 15 is 0 Å². The highest BCUT2D eigenvalue weighted by molar-refractivity contribution is 6.30. The Morgan fingerprint density at radius 3 is 2.58 bits per heavy atom. The molecular weight excluding hydrogens is 504 g/mol. The molecule has 196 valence electrons. The van der Waals surface area contributed by atoms with Gasteiger partial charge in [-0.05, 0) is 53.8 Å². The number of rotatable bonds is 8. The van der Waals surface area contributed by atoms with Gasteiger partial charge < -0.3 is 18.9 Å². The van der Waals surface area contributed by atoms with Crippen LogP contribution in [0.3, 0.4) is 0 Å². The molecule has 0 bridgehead atoms. The number of para-hydroxylation sites is 1. The predicted molar refractivity (Wildman–Crippen MR) is 145 cm³/mol. The summed E-state index contributed by atoms with van der Waals surface area (Å²) in [5.41, 5.74) is 5.42. The van der Waals surface area contributed by atoms with Crippen LogP contribution in [-0.4, -0.2) is 36.6 Å². The Morgan fingerprint density at radius 1 is 1.00 bits per heavy atom. The van der Waals surface area contributed by atoms with Crippen LogP contribution in [0.5, 0.6) is 11.5 Å². The van der Waals surface area contributed by atoms with Crippen molar-refractivity contribution in [1.82, 2.24) is 9.78 Å². The van der Waals surface area contributed by atoms with E-state index < -0.39 is 6.10 Å². The number of halogens is 1. The topological polar surface area (TPSA) is 71.8 Å². The molecule has 0 saturated carbocycles. The second-order valence-corrected chi connectivity index (χ2v) is 9.34. The number of esters is 1. The highest BCUT2D eigenvalue weighted by Crippen LogP contribution is 2.49. The minimum atomic E-state index is -0.473. The largest absolute Gasteiger partial charge is 0.493 e. The second-order valence-electron chi connectivity index (χ2n) is 8.91. The van der Waals surface area contributed by atoms with E-state index in [-0.39, 0.29) is 12.1 Å². The molecule has 0 radical (unpaired) electrons. The minimum Gasteiger partial charge on any atom is -0.493 e. The highest BCUT2D eigenvalue weighted by Gasteiger charge is 2.32. The van der Waals surface area contributed by atoms with E-state index in [9.17, 15) is 4.79 Å². The van der Waals surface area contributed by atoms with E-state index in [1.54, 1.807) is 32.0 Å². The first kappa shape index (κ1) is 25.8. The second kappa shape index (κ2) is 11.3. The lowest BCUT2D eigenvalue weighted by atomic mass is 9.90. The maximum absolute atomic E-state index is 12.1. The summed E-state index contributed by atoms with van der Waals surface area (Å²) in [6.45, 7) is 2.63. The van der Waals surface area contributed by atoms with E-state index in [4.69, 9.17) is 30.5 Å². The molecule has 0 aliphatic carbocycles. The van der Waals surface area contributed by atoms with Crippen molar-refractivity contribution in [3.8, 4) is 22.6 Å². The van der Waals surface area contributed by atoms with Gasteiger partial charge in [0.05, 0.1) is 38.7 Å². The van der Waals surface area contributed by atoms with Crippen molar-refractivity contribution in [2.75, 3.05) is 20.8 Å². The lowest BCUT2D eigenvalue weighted by molar-refractivity contribution is 0.000237. The lowest BCUT2D eigenvalue weighted by Gasteiger charge is -2.26. The van der Waals surface area contributed by atoms with Crippen molar-refractivity contribution < 1.29 is 23.7 Å². The van der Waals surface area contributed by atoms with Crippen LogP contribution in [-0.2, 0) is 16.0 Å². The fourth-order valence-electron chi connectivity index (χ4n) is 4.97. The van der Waals surface area contributed by atoms with E-state index in [0.717, 1.165) is 27.8 Å². The molecule has 4 aromatic rings. The first-order valence-corrected chi connectivity index (χ1v) is 12.9. The quantitative estimate of drug-likeness (QED) is 0.237. The van der Waals surface area contributed by atoms with Gasteiger partial charge >= 0.3 is 5.97 Å². The number of fused-ring (bicyclic) bond motifs is 3. The van der Waals surface area contributed by atoms with Gasteiger partial charge in [0.15, 0.2) is 11.5 Å². The van der Waals surface area contributed by atoms with Gasteiger partial charge in [-0.2, -0.15) is 5.10 Å². The Hall–Kier alpha value is -3.81. The highest BCUT2D eigenvalue weighted by atomic mass is 35.5. The molecule has 1 aromatic heterocycles. The predicted octanol–water partition coefficient (Wildman–Crippen LogP) is 6.65. The van der Waals surface area contributed by atoms with E-state index in [2.05, 4.69) is 17.2 Å². The minimum absolute atomic E-state index is 0.284. The fraction of sp³-hybridized carbons (Fsp3) is 0.267. The summed E-state index contributed by atoms with van der Waals surface area (Å²) in [6.07, 6.45) is 3.09. The van der Waals surface area contributed by atoms with Crippen molar-refractivity contribution in [3.63, 3.8) is 0 Å². The summed E-state index contributed by atoms with van der Waals surface area (Å²) in [6, 6.07) is 19.9. The molecular formula is C30H29ClN2O5. The van der Waals surface area contributed by atoms with E-state index in [1.165, 1.54) is 6.20 Å². The molecule has 7 nitrogen and oxygen atoms in total. The molecule has 2 atom stereocenters. The monoisotopic (exact) mass is 532 g/mol. The number of hydrogen-bond acceptors (Lipinski definition) is 6. The standard InChI is InChI=1S/C30H29ClN2O5/c1-4-37-30(34)19-17-32-33(18-19)15-14-26-23-9-6-5-8-21(23)22-13-12-20(31)16-25(22)28(38-26)24-10-7-11-27(35-2)29(24)36-3/h5-13,16-18,26,28H,4,14-15H2,1-3H3. The number of carbonyl (C=O) groups excluding carboxylic acids is 1. The van der Waals surface area contributed by atoms with Gasteiger partial charge in [-0.25, -0.2) is 4.79 Å². The molecule has 5 rings (SSSR count). The maximum Gasteiger partial charge on any atom is 0.341 e. The van der Waals surface area contributed by atoms with Crippen LogP contribution in [0.2, 0.25) is 5.02 Å². The third-order valence-corrected chi connectivity index (χ3v) is 6.91. The van der Waals surface area contributed by atoms with Gasteiger partial charge in [0.25, 0.3) is 0 Å². The Kier molecular flexibility index (Phi) is 7.67. The fourth-order valence-corrected chi connectivity index (χ4v) is 5.15. The van der Waals surface area contributed by atoms with Crippen molar-refractivity contribution >= 4 is 17.6 Å². The molecule has 0 amide bonds. The average Bonchev–Trinajstić information content (AvgIpc) is 3.37. The van der Waals surface area contributed by atoms with Crippen molar-refractivity contribution in [2.45, 2.75) is 32.1 Å². The number of nitrogens with zero attached hydrogens (tertiary/aromatic N) is 2. The van der Waals surface area contributed by atoms with Crippen LogP contribution in [0, 0.1) is 0 Å². The lowest BCUT2D eigenvalue weighted by Crippen LogP contribution is -2.14. The Balaban J connectivity index is 1.56. The number of ether oxygens (including phenoxy) is 4. The molecule has 0 saturated heterocycles. The van der Waals surface area contributed by atoms with Crippen LogP contribution in [0.25, 0.3) is 11.1 Å². The van der Waals surface area contributed by atoms with Crippen LogP contribution >= 0.6 is 11.6 Å². The van der Waals surface area contributed by atoms with Gasteiger partial charge in [-0.3, -0.25) is 4.68 Å². The van der Waals surface area contributed by atoms with Gasteiger partial charge in [-0.1, -0.05) is 54.1 Å². The smallest absolute Gasteiger partial charge is 0.341 e. The van der Waals surface area contributed by atoms with Crippen LogP contribution in [0.4, 0.5) is 0 Å². The summed E-state index contributed by atoms with van der Waals surface area (Å²) in [4.78, 5) is 12.1. The normalized spacial score (nSPS) is 16.2. The third kappa shape index (κ3) is 4.99. The van der Waals surface area contributed by atoms with E-state index in [1.807, 2.05) is 48.5 Å². The van der Waals surface area contributed by atoms with Gasteiger partial charge in [0, 0.05) is 23.3 Å². The molecule has 0 fully saturated rings. The molecule has 3 aromatic carbocycles. The molecule has 0 spiro atoms. The molecule has 1 aliphatic rings. The number of carbonyl (C=O) groups is 1. The van der Waals surface area contributed by atoms with E-state index in [0.29, 0.717) is 41.7 Å². The summed E-state index contributed by atoms with van der Waals surface area (Å²) in [5.74, 6) is 0.854. The van der Waals surface area contributed by atoms with Gasteiger partial charge in [0.1, 0.15) is 6.10 Å². The van der Waals surface area contributed by atoms with Crippen LogP contribution in [0.1, 0.15) is 52.6 Å². The third-order valence-electron chi connectivity index (χ3n) is 6.67. The molecule has 0 N–H and O–H groups in total. The number of benzene rings is 3.